The highest BCUT2D eigenvalue weighted by atomic mass is 16.5. The SMILES string of the molecule is COc1cccc(C=C2CC(C)CCC2=O)c1. The highest BCUT2D eigenvalue weighted by Crippen LogP contribution is 2.27. The topological polar surface area (TPSA) is 26.3 Å². The molecule has 1 atom stereocenters. The van der Waals surface area contributed by atoms with Crippen LogP contribution >= 0.6 is 0 Å². The summed E-state index contributed by atoms with van der Waals surface area (Å²) in [6.45, 7) is 2.20. The smallest absolute Gasteiger partial charge is 0.158 e. The summed E-state index contributed by atoms with van der Waals surface area (Å²) in [5, 5.41) is 0. The first-order valence-electron chi connectivity index (χ1n) is 6.07. The molecule has 0 bridgehead atoms. The molecular formula is C15H18O2. The first-order valence-corrected chi connectivity index (χ1v) is 6.07. The Balaban J connectivity index is 2.24. The predicted molar refractivity (Wildman–Crippen MR) is 69.0 cm³/mol. The minimum absolute atomic E-state index is 0.297. The van der Waals surface area contributed by atoms with E-state index in [9.17, 15) is 4.79 Å². The molecule has 0 saturated heterocycles. The van der Waals surface area contributed by atoms with Crippen LogP contribution in [-0.4, -0.2) is 12.9 Å². The zero-order valence-corrected chi connectivity index (χ0v) is 10.4. The van der Waals surface area contributed by atoms with Gasteiger partial charge in [-0.05, 0) is 48.1 Å². The Morgan fingerprint density at radius 2 is 2.24 bits per heavy atom. The molecule has 1 saturated carbocycles. The summed E-state index contributed by atoms with van der Waals surface area (Å²) in [6, 6.07) is 7.82. The van der Waals surface area contributed by atoms with Crippen molar-refractivity contribution in [3.05, 3.63) is 35.4 Å². The van der Waals surface area contributed by atoms with Crippen LogP contribution in [0.3, 0.4) is 0 Å². The maximum Gasteiger partial charge on any atom is 0.158 e. The zero-order valence-electron chi connectivity index (χ0n) is 10.4. The number of allylic oxidation sites excluding steroid dienone is 1. The summed E-state index contributed by atoms with van der Waals surface area (Å²) in [7, 11) is 1.65. The molecule has 1 unspecified atom stereocenters. The zero-order chi connectivity index (χ0) is 12.3. The largest absolute Gasteiger partial charge is 0.497 e. The molecule has 0 amide bonds. The van der Waals surface area contributed by atoms with E-state index >= 15 is 0 Å². The molecular weight excluding hydrogens is 212 g/mol. The summed E-state index contributed by atoms with van der Waals surface area (Å²) < 4.78 is 5.18. The Bertz CT molecular complexity index is 446. The second-order valence-electron chi connectivity index (χ2n) is 4.72. The van der Waals surface area contributed by atoms with Crippen molar-refractivity contribution in [2.24, 2.45) is 5.92 Å². The number of methoxy groups -OCH3 is 1. The van der Waals surface area contributed by atoms with Crippen molar-refractivity contribution in [1.82, 2.24) is 0 Å². The van der Waals surface area contributed by atoms with Crippen LogP contribution < -0.4 is 4.74 Å². The molecule has 0 aliphatic heterocycles. The van der Waals surface area contributed by atoms with Gasteiger partial charge < -0.3 is 4.74 Å². The highest BCUT2D eigenvalue weighted by Gasteiger charge is 2.19. The highest BCUT2D eigenvalue weighted by molar-refractivity contribution is 6.00. The molecule has 1 aliphatic carbocycles. The molecule has 2 heteroatoms. The lowest BCUT2D eigenvalue weighted by Gasteiger charge is -2.19. The van der Waals surface area contributed by atoms with Crippen LogP contribution in [0.2, 0.25) is 0 Å². The van der Waals surface area contributed by atoms with Crippen LogP contribution in [0.4, 0.5) is 0 Å². The van der Waals surface area contributed by atoms with Gasteiger partial charge >= 0.3 is 0 Å². The predicted octanol–water partition coefficient (Wildman–Crippen LogP) is 3.47. The molecule has 1 aromatic carbocycles. The summed E-state index contributed by atoms with van der Waals surface area (Å²) in [4.78, 5) is 11.8. The summed E-state index contributed by atoms with van der Waals surface area (Å²) >= 11 is 0. The number of ketones is 1. The van der Waals surface area contributed by atoms with Crippen molar-refractivity contribution in [2.75, 3.05) is 7.11 Å². The maximum absolute atomic E-state index is 11.8. The van der Waals surface area contributed by atoms with E-state index < -0.39 is 0 Å². The van der Waals surface area contributed by atoms with Gasteiger partial charge in [0.1, 0.15) is 5.75 Å². The average molecular weight is 230 g/mol. The van der Waals surface area contributed by atoms with Gasteiger partial charge in [-0.25, -0.2) is 0 Å². The van der Waals surface area contributed by atoms with Gasteiger partial charge in [-0.15, -0.1) is 0 Å². The van der Waals surface area contributed by atoms with Gasteiger partial charge in [0.2, 0.25) is 0 Å². The summed E-state index contributed by atoms with van der Waals surface area (Å²) in [5.74, 6) is 1.74. The molecule has 0 heterocycles. The van der Waals surface area contributed by atoms with E-state index in [0.717, 1.165) is 29.7 Å². The number of hydrogen-bond donors (Lipinski definition) is 0. The van der Waals surface area contributed by atoms with Crippen molar-refractivity contribution in [3.8, 4) is 5.75 Å². The van der Waals surface area contributed by atoms with Gasteiger partial charge in [-0.3, -0.25) is 4.79 Å². The molecule has 0 spiro atoms. The van der Waals surface area contributed by atoms with Crippen LogP contribution in [0.15, 0.2) is 29.8 Å². The Kier molecular flexibility index (Phi) is 3.62. The van der Waals surface area contributed by atoms with Crippen LogP contribution in [0.25, 0.3) is 6.08 Å². The quantitative estimate of drug-likeness (QED) is 0.727. The molecule has 17 heavy (non-hydrogen) atoms. The first-order chi connectivity index (χ1) is 8.19. The number of carbonyl (C=O) groups excluding carboxylic acids is 1. The molecule has 1 aromatic rings. The van der Waals surface area contributed by atoms with Gasteiger partial charge in [0.15, 0.2) is 5.78 Å². The number of rotatable bonds is 2. The lowest BCUT2D eigenvalue weighted by Crippen LogP contribution is -2.14. The number of benzene rings is 1. The monoisotopic (exact) mass is 230 g/mol. The molecule has 0 aromatic heterocycles. The van der Waals surface area contributed by atoms with E-state index in [2.05, 4.69) is 6.92 Å². The van der Waals surface area contributed by atoms with E-state index in [1.807, 2.05) is 30.3 Å². The van der Waals surface area contributed by atoms with Gasteiger partial charge in [0, 0.05) is 6.42 Å². The van der Waals surface area contributed by atoms with Gasteiger partial charge in [-0.1, -0.05) is 19.1 Å². The molecule has 2 nitrogen and oxygen atoms in total. The fraction of sp³-hybridized carbons (Fsp3) is 0.400. The molecule has 0 N–H and O–H groups in total. The average Bonchev–Trinajstić information content (AvgIpc) is 2.34. The minimum Gasteiger partial charge on any atom is -0.497 e. The Morgan fingerprint density at radius 1 is 1.41 bits per heavy atom. The third-order valence-corrected chi connectivity index (χ3v) is 3.23. The van der Waals surface area contributed by atoms with E-state index in [4.69, 9.17) is 4.74 Å². The van der Waals surface area contributed by atoms with Crippen molar-refractivity contribution >= 4 is 11.9 Å². The third kappa shape index (κ3) is 2.96. The normalized spacial score (nSPS) is 22.8. The molecule has 1 aliphatic rings. The van der Waals surface area contributed by atoms with E-state index in [0.29, 0.717) is 18.1 Å². The van der Waals surface area contributed by atoms with Crippen LogP contribution in [0, 0.1) is 5.92 Å². The molecule has 2 rings (SSSR count). The van der Waals surface area contributed by atoms with Crippen LogP contribution in [0.1, 0.15) is 31.7 Å². The van der Waals surface area contributed by atoms with Crippen molar-refractivity contribution < 1.29 is 9.53 Å². The van der Waals surface area contributed by atoms with Gasteiger partial charge in [0.05, 0.1) is 7.11 Å². The van der Waals surface area contributed by atoms with E-state index in [1.54, 1.807) is 7.11 Å². The van der Waals surface area contributed by atoms with Crippen molar-refractivity contribution in [1.29, 1.82) is 0 Å². The standard InChI is InChI=1S/C15H18O2/c1-11-6-7-15(16)13(8-11)9-12-4-3-5-14(10-12)17-2/h3-5,9-11H,6-8H2,1-2H3. The fourth-order valence-corrected chi connectivity index (χ4v) is 2.20. The van der Waals surface area contributed by atoms with E-state index in [1.165, 1.54) is 0 Å². The third-order valence-electron chi connectivity index (χ3n) is 3.23. The Labute approximate surface area is 102 Å². The van der Waals surface area contributed by atoms with Crippen molar-refractivity contribution in [2.45, 2.75) is 26.2 Å². The number of Topliss-reactive ketones (excluding diaryl/α,β-unsaturated/α-hetero) is 1. The second-order valence-corrected chi connectivity index (χ2v) is 4.72. The lowest BCUT2D eigenvalue weighted by atomic mass is 9.85. The minimum atomic E-state index is 0.297. The lowest BCUT2D eigenvalue weighted by molar-refractivity contribution is -0.116. The molecule has 90 valence electrons. The number of ether oxygens (including phenoxy) is 1. The Morgan fingerprint density at radius 3 is 3.00 bits per heavy atom. The fourth-order valence-electron chi connectivity index (χ4n) is 2.20. The first kappa shape index (κ1) is 11.9. The van der Waals surface area contributed by atoms with Gasteiger partial charge in [-0.2, -0.15) is 0 Å². The molecule has 0 radical (unpaired) electrons. The van der Waals surface area contributed by atoms with E-state index in [-0.39, 0.29) is 0 Å². The van der Waals surface area contributed by atoms with Crippen LogP contribution in [0.5, 0.6) is 5.75 Å². The van der Waals surface area contributed by atoms with Crippen LogP contribution in [-0.2, 0) is 4.79 Å². The Hall–Kier alpha value is -1.57. The maximum atomic E-state index is 11.8. The second kappa shape index (κ2) is 5.17. The van der Waals surface area contributed by atoms with Gasteiger partial charge in [0.25, 0.3) is 0 Å². The molecule has 1 fully saturated rings. The number of carbonyl (C=O) groups is 1. The number of hydrogen-bond acceptors (Lipinski definition) is 2. The summed E-state index contributed by atoms with van der Waals surface area (Å²) in [6.07, 6.45) is 4.61. The van der Waals surface area contributed by atoms with Crippen molar-refractivity contribution in [3.63, 3.8) is 0 Å². The summed E-state index contributed by atoms with van der Waals surface area (Å²) in [5.41, 5.74) is 2.00.